The molecular weight excluding hydrogens is 270 g/mol. The van der Waals surface area contributed by atoms with Crippen LogP contribution in [0.2, 0.25) is 5.02 Å². The Kier molecular flexibility index (Phi) is 4.24. The van der Waals surface area contributed by atoms with E-state index in [-0.39, 0.29) is 5.54 Å². The first-order chi connectivity index (χ1) is 9.33. The van der Waals surface area contributed by atoms with Gasteiger partial charge in [-0.05, 0) is 75.7 Å². The quantitative estimate of drug-likeness (QED) is 0.788. The minimum absolute atomic E-state index is 0.0513. The Balaban J connectivity index is 2.08. The Labute approximate surface area is 125 Å². The molecule has 0 saturated carbocycles. The average molecular weight is 290 g/mol. The molecule has 0 saturated heterocycles. The van der Waals surface area contributed by atoms with Gasteiger partial charge in [0.2, 0.25) is 0 Å². The molecule has 0 aliphatic carbocycles. The maximum atomic E-state index is 6.00. The van der Waals surface area contributed by atoms with Gasteiger partial charge >= 0.3 is 0 Å². The van der Waals surface area contributed by atoms with E-state index in [9.17, 15) is 0 Å². The number of ether oxygens (including phenoxy) is 1. The van der Waals surface area contributed by atoms with Gasteiger partial charge in [0.15, 0.2) is 0 Å². The molecule has 2 aromatic carbocycles. The lowest BCUT2D eigenvalue weighted by molar-refractivity contribution is 0.482. The number of halogens is 1. The zero-order valence-electron chi connectivity index (χ0n) is 12.3. The maximum absolute atomic E-state index is 6.00. The van der Waals surface area contributed by atoms with Crippen molar-refractivity contribution in [3.05, 3.63) is 53.1 Å². The lowest BCUT2D eigenvalue weighted by Gasteiger charge is -2.22. The van der Waals surface area contributed by atoms with Gasteiger partial charge in [-0.25, -0.2) is 0 Å². The van der Waals surface area contributed by atoms with Crippen molar-refractivity contribution in [2.24, 2.45) is 0 Å². The Morgan fingerprint density at radius 3 is 2.10 bits per heavy atom. The summed E-state index contributed by atoms with van der Waals surface area (Å²) in [6.45, 7) is 8.36. The average Bonchev–Trinajstić information content (AvgIpc) is 2.35. The molecule has 0 atom stereocenters. The van der Waals surface area contributed by atoms with Gasteiger partial charge < -0.3 is 10.1 Å². The molecule has 20 heavy (non-hydrogen) atoms. The molecule has 0 bridgehead atoms. The minimum Gasteiger partial charge on any atom is -0.457 e. The highest BCUT2D eigenvalue weighted by Crippen LogP contribution is 2.27. The molecule has 2 aromatic rings. The Morgan fingerprint density at radius 2 is 1.55 bits per heavy atom. The van der Waals surface area contributed by atoms with Gasteiger partial charge in [0.05, 0.1) is 0 Å². The number of anilines is 1. The first kappa shape index (κ1) is 14.7. The predicted molar refractivity (Wildman–Crippen MR) is 86.1 cm³/mol. The van der Waals surface area contributed by atoms with Crippen molar-refractivity contribution in [1.82, 2.24) is 0 Å². The van der Waals surface area contributed by atoms with Gasteiger partial charge in [-0.2, -0.15) is 0 Å². The van der Waals surface area contributed by atoms with E-state index in [0.717, 1.165) is 27.8 Å². The second-order valence-electron chi connectivity index (χ2n) is 5.91. The van der Waals surface area contributed by atoms with Crippen LogP contribution in [0.3, 0.4) is 0 Å². The molecular formula is C17H20ClNO. The van der Waals surface area contributed by atoms with E-state index < -0.39 is 0 Å². The number of benzene rings is 2. The topological polar surface area (TPSA) is 21.3 Å². The SMILES string of the molecule is Cc1cc(Oc2ccc(NC(C)(C)C)cc2)ccc1Cl. The van der Waals surface area contributed by atoms with Crippen LogP contribution in [-0.4, -0.2) is 5.54 Å². The van der Waals surface area contributed by atoms with Gasteiger partial charge in [-0.3, -0.25) is 0 Å². The first-order valence-corrected chi connectivity index (χ1v) is 7.03. The van der Waals surface area contributed by atoms with Crippen LogP contribution >= 0.6 is 11.6 Å². The van der Waals surface area contributed by atoms with Crippen LogP contribution in [0.1, 0.15) is 26.3 Å². The summed E-state index contributed by atoms with van der Waals surface area (Å²) in [4.78, 5) is 0. The number of hydrogen-bond acceptors (Lipinski definition) is 2. The van der Waals surface area contributed by atoms with Crippen molar-refractivity contribution in [1.29, 1.82) is 0 Å². The van der Waals surface area contributed by atoms with E-state index in [1.807, 2.05) is 49.4 Å². The van der Waals surface area contributed by atoms with Crippen LogP contribution in [0.5, 0.6) is 11.5 Å². The van der Waals surface area contributed by atoms with Gasteiger partial charge in [0.1, 0.15) is 11.5 Å². The number of nitrogens with one attached hydrogen (secondary N) is 1. The zero-order valence-corrected chi connectivity index (χ0v) is 13.1. The maximum Gasteiger partial charge on any atom is 0.127 e. The molecule has 106 valence electrons. The van der Waals surface area contributed by atoms with Crippen LogP contribution in [0.4, 0.5) is 5.69 Å². The van der Waals surface area contributed by atoms with Gasteiger partial charge in [-0.1, -0.05) is 11.6 Å². The third kappa shape index (κ3) is 4.17. The van der Waals surface area contributed by atoms with E-state index in [0.29, 0.717) is 0 Å². The molecule has 2 nitrogen and oxygen atoms in total. The van der Waals surface area contributed by atoms with Gasteiger partial charge in [0, 0.05) is 16.2 Å². The zero-order chi connectivity index (χ0) is 14.8. The van der Waals surface area contributed by atoms with Crippen molar-refractivity contribution in [2.45, 2.75) is 33.2 Å². The van der Waals surface area contributed by atoms with Crippen molar-refractivity contribution in [3.63, 3.8) is 0 Å². The standard InChI is InChI=1S/C17H20ClNO/c1-12-11-15(9-10-16(12)18)20-14-7-5-13(6-8-14)19-17(2,3)4/h5-11,19H,1-4H3. The molecule has 0 heterocycles. The third-order valence-electron chi connectivity index (χ3n) is 2.74. The Morgan fingerprint density at radius 1 is 0.950 bits per heavy atom. The van der Waals surface area contributed by atoms with Crippen LogP contribution in [0.25, 0.3) is 0 Å². The highest BCUT2D eigenvalue weighted by molar-refractivity contribution is 6.31. The molecule has 0 aliphatic rings. The molecule has 0 aliphatic heterocycles. The smallest absolute Gasteiger partial charge is 0.127 e. The summed E-state index contributed by atoms with van der Waals surface area (Å²) < 4.78 is 5.81. The van der Waals surface area contributed by atoms with Crippen LogP contribution in [-0.2, 0) is 0 Å². The van der Waals surface area contributed by atoms with Crippen molar-refractivity contribution < 1.29 is 4.74 Å². The van der Waals surface area contributed by atoms with E-state index >= 15 is 0 Å². The molecule has 0 spiro atoms. The summed E-state index contributed by atoms with van der Waals surface area (Å²) in [7, 11) is 0. The van der Waals surface area contributed by atoms with Crippen molar-refractivity contribution >= 4 is 17.3 Å². The van der Waals surface area contributed by atoms with Crippen LogP contribution < -0.4 is 10.1 Å². The molecule has 2 rings (SSSR count). The van der Waals surface area contributed by atoms with E-state index in [2.05, 4.69) is 26.1 Å². The van der Waals surface area contributed by atoms with Crippen molar-refractivity contribution in [3.8, 4) is 11.5 Å². The molecule has 3 heteroatoms. The summed E-state index contributed by atoms with van der Waals surface area (Å²) in [5, 5.41) is 4.17. The summed E-state index contributed by atoms with van der Waals surface area (Å²) in [6.07, 6.45) is 0. The third-order valence-corrected chi connectivity index (χ3v) is 3.16. The summed E-state index contributed by atoms with van der Waals surface area (Å²) in [5.41, 5.74) is 2.14. The number of hydrogen-bond donors (Lipinski definition) is 1. The summed E-state index contributed by atoms with van der Waals surface area (Å²) in [5.74, 6) is 1.61. The number of aryl methyl sites for hydroxylation is 1. The Bertz CT molecular complexity index is 585. The fourth-order valence-corrected chi connectivity index (χ4v) is 1.97. The first-order valence-electron chi connectivity index (χ1n) is 6.66. The summed E-state index contributed by atoms with van der Waals surface area (Å²) >= 11 is 6.00. The molecule has 0 amide bonds. The lowest BCUT2D eigenvalue weighted by atomic mass is 10.1. The van der Waals surface area contributed by atoms with Crippen molar-refractivity contribution in [2.75, 3.05) is 5.32 Å². The van der Waals surface area contributed by atoms with E-state index in [4.69, 9.17) is 16.3 Å². The van der Waals surface area contributed by atoms with Gasteiger partial charge in [-0.15, -0.1) is 0 Å². The molecule has 0 unspecified atom stereocenters. The second-order valence-corrected chi connectivity index (χ2v) is 6.32. The molecule has 0 fully saturated rings. The fraction of sp³-hybridized carbons (Fsp3) is 0.294. The molecule has 0 radical (unpaired) electrons. The van der Waals surface area contributed by atoms with E-state index in [1.54, 1.807) is 0 Å². The van der Waals surface area contributed by atoms with Crippen LogP contribution in [0, 0.1) is 6.92 Å². The number of rotatable bonds is 3. The highest BCUT2D eigenvalue weighted by Gasteiger charge is 2.09. The second kappa shape index (κ2) is 5.76. The lowest BCUT2D eigenvalue weighted by Crippen LogP contribution is -2.25. The molecule has 0 aromatic heterocycles. The Hall–Kier alpha value is -1.67. The highest BCUT2D eigenvalue weighted by atomic mass is 35.5. The van der Waals surface area contributed by atoms with Crippen LogP contribution in [0.15, 0.2) is 42.5 Å². The summed E-state index contributed by atoms with van der Waals surface area (Å²) in [6, 6.07) is 13.6. The minimum atomic E-state index is 0.0513. The predicted octanol–water partition coefficient (Wildman–Crippen LogP) is 5.65. The monoisotopic (exact) mass is 289 g/mol. The van der Waals surface area contributed by atoms with E-state index in [1.165, 1.54) is 0 Å². The fourth-order valence-electron chi connectivity index (χ4n) is 1.86. The van der Waals surface area contributed by atoms with Gasteiger partial charge in [0.25, 0.3) is 0 Å². The normalized spacial score (nSPS) is 11.2. The molecule has 1 N–H and O–H groups in total. The largest absolute Gasteiger partial charge is 0.457 e.